The largest absolute Gasteiger partial charge is 0.326 e. The van der Waals surface area contributed by atoms with Gasteiger partial charge < -0.3 is 10.2 Å². The Balaban J connectivity index is 1.73. The van der Waals surface area contributed by atoms with Gasteiger partial charge in [-0.2, -0.15) is 5.26 Å². The number of nitrogens with zero attached hydrogens (tertiary/aromatic N) is 2. The molecule has 0 spiro atoms. The van der Waals surface area contributed by atoms with E-state index in [4.69, 9.17) is 16.9 Å². The predicted octanol–water partition coefficient (Wildman–Crippen LogP) is 3.82. The number of rotatable bonds is 3. The number of nitriles is 1. The van der Waals surface area contributed by atoms with Gasteiger partial charge in [0.2, 0.25) is 11.8 Å². The van der Waals surface area contributed by atoms with Crippen LogP contribution in [-0.4, -0.2) is 18.4 Å². The van der Waals surface area contributed by atoms with Crippen LogP contribution in [0, 0.1) is 31.1 Å². The first kappa shape index (κ1) is 18.0. The minimum Gasteiger partial charge on any atom is -0.326 e. The lowest BCUT2D eigenvalue weighted by Gasteiger charge is -2.19. The van der Waals surface area contributed by atoms with E-state index in [2.05, 4.69) is 5.32 Å². The third-order valence-corrected chi connectivity index (χ3v) is 4.81. The standard InChI is InChI=1S/C20H18ClN3O2/c1-12-3-6-18(13(2)7-12)24-11-15(8-19(24)25)20(26)23-16-5-4-14(10-22)17(21)9-16/h3-7,9,15H,8,11H2,1-2H3,(H,23,26). The zero-order valence-electron chi connectivity index (χ0n) is 14.5. The number of hydrogen-bond acceptors (Lipinski definition) is 3. The fourth-order valence-corrected chi connectivity index (χ4v) is 3.37. The molecule has 1 heterocycles. The maximum atomic E-state index is 12.5. The molecule has 2 amide bonds. The van der Waals surface area contributed by atoms with Crippen molar-refractivity contribution < 1.29 is 9.59 Å². The highest BCUT2D eigenvalue weighted by atomic mass is 35.5. The summed E-state index contributed by atoms with van der Waals surface area (Å²) >= 11 is 5.99. The van der Waals surface area contributed by atoms with Crippen molar-refractivity contribution in [2.75, 3.05) is 16.8 Å². The number of halogens is 1. The van der Waals surface area contributed by atoms with Gasteiger partial charge in [-0.05, 0) is 43.7 Å². The van der Waals surface area contributed by atoms with Crippen molar-refractivity contribution in [3.05, 3.63) is 58.1 Å². The molecule has 0 aliphatic carbocycles. The van der Waals surface area contributed by atoms with Crippen LogP contribution in [0.2, 0.25) is 5.02 Å². The Labute approximate surface area is 157 Å². The van der Waals surface area contributed by atoms with Crippen LogP contribution < -0.4 is 10.2 Å². The zero-order chi connectivity index (χ0) is 18.8. The van der Waals surface area contributed by atoms with Crippen LogP contribution in [0.3, 0.4) is 0 Å². The van der Waals surface area contributed by atoms with Crippen LogP contribution in [0.5, 0.6) is 0 Å². The van der Waals surface area contributed by atoms with E-state index in [-0.39, 0.29) is 23.3 Å². The molecule has 6 heteroatoms. The summed E-state index contributed by atoms with van der Waals surface area (Å²) in [5, 5.41) is 12.0. The molecule has 1 N–H and O–H groups in total. The maximum Gasteiger partial charge on any atom is 0.229 e. The second-order valence-electron chi connectivity index (χ2n) is 6.49. The highest BCUT2D eigenvalue weighted by molar-refractivity contribution is 6.32. The molecule has 1 saturated heterocycles. The van der Waals surface area contributed by atoms with Gasteiger partial charge in [-0.25, -0.2) is 0 Å². The minimum atomic E-state index is -0.433. The van der Waals surface area contributed by atoms with Gasteiger partial charge in [0.25, 0.3) is 0 Å². The molecule has 0 bridgehead atoms. The minimum absolute atomic E-state index is 0.0602. The number of amides is 2. The van der Waals surface area contributed by atoms with Crippen molar-refractivity contribution in [2.24, 2.45) is 5.92 Å². The Morgan fingerprint density at radius 2 is 2.04 bits per heavy atom. The average Bonchev–Trinajstić information content (AvgIpc) is 2.97. The molecule has 1 unspecified atom stereocenters. The fourth-order valence-electron chi connectivity index (χ4n) is 3.15. The van der Waals surface area contributed by atoms with Crippen LogP contribution in [0.15, 0.2) is 36.4 Å². The smallest absolute Gasteiger partial charge is 0.229 e. The lowest BCUT2D eigenvalue weighted by molar-refractivity contribution is -0.122. The molecule has 1 aliphatic heterocycles. The van der Waals surface area contributed by atoms with Crippen LogP contribution in [0.4, 0.5) is 11.4 Å². The number of carbonyl (C=O) groups is 2. The van der Waals surface area contributed by atoms with E-state index in [0.29, 0.717) is 17.8 Å². The number of aryl methyl sites for hydroxylation is 2. The van der Waals surface area contributed by atoms with E-state index in [0.717, 1.165) is 16.8 Å². The predicted molar refractivity (Wildman–Crippen MR) is 101 cm³/mol. The summed E-state index contributed by atoms with van der Waals surface area (Å²) in [6.07, 6.45) is 0.170. The van der Waals surface area contributed by atoms with Gasteiger partial charge in [0.1, 0.15) is 6.07 Å². The highest BCUT2D eigenvalue weighted by Gasteiger charge is 2.35. The van der Waals surface area contributed by atoms with E-state index in [1.165, 1.54) is 6.07 Å². The number of nitrogens with one attached hydrogen (secondary N) is 1. The van der Waals surface area contributed by atoms with Gasteiger partial charge in [0, 0.05) is 24.3 Å². The third-order valence-electron chi connectivity index (χ3n) is 4.50. The quantitative estimate of drug-likeness (QED) is 0.896. The summed E-state index contributed by atoms with van der Waals surface area (Å²) in [7, 11) is 0. The number of carbonyl (C=O) groups excluding carboxylic acids is 2. The topological polar surface area (TPSA) is 73.2 Å². The van der Waals surface area contributed by atoms with Crippen molar-refractivity contribution in [1.29, 1.82) is 5.26 Å². The van der Waals surface area contributed by atoms with Gasteiger partial charge in [-0.1, -0.05) is 29.3 Å². The molecule has 26 heavy (non-hydrogen) atoms. The molecule has 0 aromatic heterocycles. The van der Waals surface area contributed by atoms with Crippen molar-refractivity contribution >= 4 is 34.8 Å². The third kappa shape index (κ3) is 3.56. The van der Waals surface area contributed by atoms with Gasteiger partial charge in [0.15, 0.2) is 0 Å². The molecule has 1 aliphatic rings. The van der Waals surface area contributed by atoms with Gasteiger partial charge in [0.05, 0.1) is 16.5 Å². The second-order valence-corrected chi connectivity index (χ2v) is 6.90. The molecular weight excluding hydrogens is 350 g/mol. The molecule has 132 valence electrons. The van der Waals surface area contributed by atoms with Crippen LogP contribution >= 0.6 is 11.6 Å². The zero-order valence-corrected chi connectivity index (χ0v) is 15.3. The van der Waals surface area contributed by atoms with Crippen LogP contribution in [0.25, 0.3) is 0 Å². The second kappa shape index (κ2) is 7.19. The lowest BCUT2D eigenvalue weighted by Crippen LogP contribution is -2.28. The molecule has 1 fully saturated rings. The Morgan fingerprint density at radius 3 is 2.69 bits per heavy atom. The van der Waals surface area contributed by atoms with Gasteiger partial charge in [-0.3, -0.25) is 9.59 Å². The van der Waals surface area contributed by atoms with Crippen LogP contribution in [0.1, 0.15) is 23.1 Å². The summed E-state index contributed by atoms with van der Waals surface area (Å²) in [6.45, 7) is 4.31. The molecule has 2 aromatic carbocycles. The summed E-state index contributed by atoms with van der Waals surface area (Å²) in [4.78, 5) is 26.6. The summed E-state index contributed by atoms with van der Waals surface area (Å²) in [5.41, 5.74) is 3.85. The normalized spacial score (nSPS) is 16.5. The first-order valence-electron chi connectivity index (χ1n) is 8.27. The fraction of sp³-hybridized carbons (Fsp3) is 0.250. The van der Waals surface area contributed by atoms with Crippen molar-refractivity contribution in [2.45, 2.75) is 20.3 Å². The Bertz CT molecular complexity index is 933. The Kier molecular flexibility index (Phi) is 4.97. The van der Waals surface area contributed by atoms with E-state index >= 15 is 0 Å². The SMILES string of the molecule is Cc1ccc(N2CC(C(=O)Nc3ccc(C#N)c(Cl)c3)CC2=O)c(C)c1. The summed E-state index contributed by atoms with van der Waals surface area (Å²) in [5.74, 6) is -0.723. The van der Waals surface area contributed by atoms with Gasteiger partial charge in [-0.15, -0.1) is 0 Å². The molecule has 0 saturated carbocycles. The van der Waals surface area contributed by atoms with Crippen LogP contribution in [-0.2, 0) is 9.59 Å². The average molecular weight is 368 g/mol. The summed E-state index contributed by atoms with van der Waals surface area (Å²) < 4.78 is 0. The number of benzene rings is 2. The lowest BCUT2D eigenvalue weighted by atomic mass is 10.1. The van der Waals surface area contributed by atoms with E-state index in [1.54, 1.807) is 17.0 Å². The van der Waals surface area contributed by atoms with Crippen molar-refractivity contribution in [3.63, 3.8) is 0 Å². The molecular formula is C20H18ClN3O2. The summed E-state index contributed by atoms with van der Waals surface area (Å²) in [6, 6.07) is 12.6. The Hall–Kier alpha value is -2.84. The monoisotopic (exact) mass is 367 g/mol. The van der Waals surface area contributed by atoms with E-state index in [1.807, 2.05) is 38.1 Å². The first-order chi connectivity index (χ1) is 12.4. The van der Waals surface area contributed by atoms with Crippen molar-refractivity contribution in [3.8, 4) is 6.07 Å². The maximum absolute atomic E-state index is 12.5. The molecule has 1 atom stereocenters. The molecule has 2 aromatic rings. The van der Waals surface area contributed by atoms with Gasteiger partial charge >= 0.3 is 0 Å². The molecule has 3 rings (SSSR count). The molecule has 0 radical (unpaired) electrons. The highest BCUT2D eigenvalue weighted by Crippen LogP contribution is 2.29. The molecule has 5 nitrogen and oxygen atoms in total. The van der Waals surface area contributed by atoms with Crippen molar-refractivity contribution in [1.82, 2.24) is 0 Å². The first-order valence-corrected chi connectivity index (χ1v) is 8.65. The van der Waals surface area contributed by atoms with E-state index in [9.17, 15) is 9.59 Å². The Morgan fingerprint density at radius 1 is 1.27 bits per heavy atom. The van der Waals surface area contributed by atoms with E-state index < -0.39 is 5.92 Å². The number of hydrogen-bond donors (Lipinski definition) is 1. The number of anilines is 2.